The molecule has 600 valence electrons. The third kappa shape index (κ3) is 85.2. The smallest absolute Gasteiger partial charge is 0.361 e. The molecular formula is C92H180NO8+. The van der Waals surface area contributed by atoms with Gasteiger partial charge in [0.2, 0.25) is 0 Å². The number of carboxylic acids is 1. The summed E-state index contributed by atoms with van der Waals surface area (Å²) in [5, 5.41) is 9.79. The van der Waals surface area contributed by atoms with Crippen molar-refractivity contribution in [3.63, 3.8) is 0 Å². The summed E-state index contributed by atoms with van der Waals surface area (Å²) in [5.74, 6) is -1.96. The van der Waals surface area contributed by atoms with Crippen LogP contribution in [0.4, 0.5) is 0 Å². The second-order valence-electron chi connectivity index (χ2n) is 33.0. The fourth-order valence-corrected chi connectivity index (χ4v) is 14.6. The van der Waals surface area contributed by atoms with Gasteiger partial charge in [-0.15, -0.1) is 0 Å². The number of esters is 2. The van der Waals surface area contributed by atoms with Crippen molar-refractivity contribution in [3.8, 4) is 0 Å². The first kappa shape index (κ1) is 99.0. The summed E-state index contributed by atoms with van der Waals surface area (Å²) in [7, 11) is 6.01. The minimum absolute atomic E-state index is 0.172. The number of carbonyl (C=O) groups is 3. The van der Waals surface area contributed by atoms with E-state index in [4.69, 9.17) is 18.9 Å². The summed E-state index contributed by atoms with van der Waals surface area (Å²) >= 11 is 0. The molecule has 0 aromatic rings. The van der Waals surface area contributed by atoms with Crippen LogP contribution in [0.2, 0.25) is 0 Å². The van der Waals surface area contributed by atoms with Gasteiger partial charge in [-0.25, -0.2) is 4.79 Å². The van der Waals surface area contributed by atoms with Gasteiger partial charge in [0.1, 0.15) is 13.2 Å². The van der Waals surface area contributed by atoms with Crippen LogP contribution in [0.25, 0.3) is 0 Å². The molecule has 0 aromatic heterocycles. The molecule has 9 nitrogen and oxygen atoms in total. The molecule has 0 saturated carbocycles. The molecule has 0 radical (unpaired) electrons. The van der Waals surface area contributed by atoms with Crippen LogP contribution >= 0.6 is 0 Å². The number of nitrogens with zero attached hydrogens (tertiary/aromatic N) is 1. The Hall–Kier alpha value is -1.97. The maximum atomic E-state index is 13.0. The lowest BCUT2D eigenvalue weighted by Gasteiger charge is -2.25. The number of hydrogen-bond acceptors (Lipinski definition) is 7. The predicted octanol–water partition coefficient (Wildman–Crippen LogP) is 29.8. The van der Waals surface area contributed by atoms with E-state index in [9.17, 15) is 19.5 Å². The molecule has 0 aliphatic heterocycles. The maximum Gasteiger partial charge on any atom is 0.361 e. The molecule has 0 rings (SSSR count). The Bertz CT molecular complexity index is 1660. The van der Waals surface area contributed by atoms with Crippen LogP contribution in [-0.4, -0.2) is 87.4 Å². The van der Waals surface area contributed by atoms with Gasteiger partial charge in [0.05, 0.1) is 34.4 Å². The number of quaternary nitrogens is 1. The number of rotatable bonds is 88. The Morgan fingerprint density at radius 1 is 0.287 bits per heavy atom. The lowest BCUT2D eigenvalue weighted by Crippen LogP contribution is -2.40. The third-order valence-corrected chi connectivity index (χ3v) is 21.5. The SMILES string of the molecule is CCCCCCCCCC/C=C\CCCCCCCCCCCCCCCCCCCCCCCCCCCCCCCC(=O)OC(COC(=O)CCCCCCCCCCCCCCCCCCCCCCCCCCCCCCCCCCCCC)COC(OCC[N+](C)(C)C)C(=O)O. The van der Waals surface area contributed by atoms with Crippen LogP contribution in [0.3, 0.4) is 0 Å². The minimum Gasteiger partial charge on any atom is -0.477 e. The van der Waals surface area contributed by atoms with Crippen molar-refractivity contribution in [1.29, 1.82) is 0 Å². The Morgan fingerprint density at radius 3 is 0.733 bits per heavy atom. The number of carbonyl (C=O) groups excluding carboxylic acids is 2. The number of aliphatic carboxylic acids is 1. The van der Waals surface area contributed by atoms with Crippen molar-refractivity contribution in [2.75, 3.05) is 47.5 Å². The molecule has 0 aromatic carbocycles. The van der Waals surface area contributed by atoms with Gasteiger partial charge in [-0.3, -0.25) is 9.59 Å². The van der Waals surface area contributed by atoms with Crippen LogP contribution in [0.15, 0.2) is 12.2 Å². The van der Waals surface area contributed by atoms with E-state index in [1.807, 2.05) is 21.1 Å². The van der Waals surface area contributed by atoms with E-state index in [-0.39, 0.29) is 38.2 Å². The summed E-state index contributed by atoms with van der Waals surface area (Å²) in [5.41, 5.74) is 0. The number of unbranched alkanes of at least 4 members (excludes halogenated alkanes) is 71. The highest BCUT2D eigenvalue weighted by atomic mass is 16.7. The molecule has 0 heterocycles. The van der Waals surface area contributed by atoms with Crippen molar-refractivity contribution in [1.82, 2.24) is 0 Å². The number of hydrogen-bond donors (Lipinski definition) is 1. The van der Waals surface area contributed by atoms with Crippen LogP contribution in [0, 0.1) is 0 Å². The second-order valence-corrected chi connectivity index (χ2v) is 33.0. The summed E-state index contributed by atoms with van der Waals surface area (Å²) in [4.78, 5) is 37.8. The van der Waals surface area contributed by atoms with Crippen LogP contribution in [-0.2, 0) is 33.3 Å². The number of carboxylic acid groups (broad SMARTS) is 1. The molecular weight excluding hydrogens is 1250 g/mol. The van der Waals surface area contributed by atoms with Crippen molar-refractivity contribution < 1.29 is 42.9 Å². The highest BCUT2D eigenvalue weighted by Crippen LogP contribution is 2.22. The van der Waals surface area contributed by atoms with Gasteiger partial charge < -0.3 is 28.5 Å². The van der Waals surface area contributed by atoms with Gasteiger partial charge in [-0.05, 0) is 38.5 Å². The van der Waals surface area contributed by atoms with E-state index in [0.29, 0.717) is 17.4 Å². The zero-order valence-electron chi connectivity index (χ0n) is 69.1. The molecule has 0 saturated heterocycles. The zero-order chi connectivity index (χ0) is 73.2. The standard InChI is InChI=1S/C92H179NO8/c1-6-8-10-12-14-16-18-20-22-24-26-28-30-32-34-36-38-40-42-43-44-45-46-47-49-51-53-55-57-59-61-63-65-67-69-71-73-75-77-79-81-83-90(95)101-88(87-100-92(91(96)97)98-85-84-93(3,4)5)86-99-89(94)82-80-78-76-74-72-70-68-66-64-62-60-58-56-54-52-50-48-41-39-37-35-33-31-29-27-25-23-21-19-17-15-13-11-9-7-2/h24,26,88,92H,6-23,25,27-87H2,1-5H3/p+1/b26-24-. The van der Waals surface area contributed by atoms with Gasteiger partial charge in [0.15, 0.2) is 6.10 Å². The van der Waals surface area contributed by atoms with Gasteiger partial charge >= 0.3 is 17.9 Å². The largest absolute Gasteiger partial charge is 0.477 e. The molecule has 0 spiro atoms. The molecule has 0 fully saturated rings. The summed E-state index contributed by atoms with van der Waals surface area (Å²) in [6, 6.07) is 0. The van der Waals surface area contributed by atoms with Crippen LogP contribution in [0.1, 0.15) is 502 Å². The first-order chi connectivity index (χ1) is 49.6. The summed E-state index contributed by atoms with van der Waals surface area (Å²) < 4.78 is 23.1. The van der Waals surface area contributed by atoms with Gasteiger partial charge in [-0.1, -0.05) is 463 Å². The highest BCUT2D eigenvalue weighted by Gasteiger charge is 2.25. The predicted molar refractivity (Wildman–Crippen MR) is 438 cm³/mol. The zero-order valence-corrected chi connectivity index (χ0v) is 69.1. The fourth-order valence-electron chi connectivity index (χ4n) is 14.6. The lowest BCUT2D eigenvalue weighted by atomic mass is 10.0. The van der Waals surface area contributed by atoms with E-state index >= 15 is 0 Å². The molecule has 0 bridgehead atoms. The number of allylic oxidation sites excluding steroid dienone is 2. The number of likely N-dealkylation sites (N-methyl/N-ethyl adjacent to an activating group) is 1. The molecule has 0 amide bonds. The molecule has 0 aliphatic carbocycles. The monoisotopic (exact) mass is 1430 g/mol. The molecule has 101 heavy (non-hydrogen) atoms. The van der Waals surface area contributed by atoms with Crippen molar-refractivity contribution in [2.45, 2.75) is 514 Å². The van der Waals surface area contributed by atoms with Crippen LogP contribution in [0.5, 0.6) is 0 Å². The van der Waals surface area contributed by atoms with Gasteiger partial charge in [-0.2, -0.15) is 0 Å². The van der Waals surface area contributed by atoms with Crippen molar-refractivity contribution >= 4 is 17.9 Å². The van der Waals surface area contributed by atoms with Gasteiger partial charge in [0.25, 0.3) is 6.29 Å². The van der Waals surface area contributed by atoms with E-state index in [1.165, 1.54) is 437 Å². The lowest BCUT2D eigenvalue weighted by molar-refractivity contribution is -0.870. The van der Waals surface area contributed by atoms with E-state index in [0.717, 1.165) is 38.5 Å². The molecule has 1 N–H and O–H groups in total. The quantitative estimate of drug-likeness (QED) is 0.0211. The van der Waals surface area contributed by atoms with E-state index in [2.05, 4.69) is 26.0 Å². The average Bonchev–Trinajstić information content (AvgIpc) is 1.21. The average molecular weight is 1430 g/mol. The Morgan fingerprint density at radius 2 is 0.505 bits per heavy atom. The molecule has 2 atom stereocenters. The second kappa shape index (κ2) is 83.7. The minimum atomic E-state index is -1.51. The van der Waals surface area contributed by atoms with E-state index < -0.39 is 18.4 Å². The van der Waals surface area contributed by atoms with Crippen LogP contribution < -0.4 is 0 Å². The topological polar surface area (TPSA) is 108 Å². The maximum absolute atomic E-state index is 13.0. The van der Waals surface area contributed by atoms with Crippen molar-refractivity contribution in [3.05, 3.63) is 12.2 Å². The Labute approximate surface area is 631 Å². The Kier molecular flexibility index (Phi) is 82.0. The fraction of sp³-hybridized carbons (Fsp3) is 0.946. The molecule has 0 aliphatic rings. The normalized spacial score (nSPS) is 12.5. The van der Waals surface area contributed by atoms with E-state index in [1.54, 1.807) is 0 Å². The molecule has 2 unspecified atom stereocenters. The third-order valence-electron chi connectivity index (χ3n) is 21.5. The summed E-state index contributed by atoms with van der Waals surface area (Å²) in [6.07, 6.45) is 104. The molecule has 9 heteroatoms. The number of ether oxygens (including phenoxy) is 4. The first-order valence-electron chi connectivity index (χ1n) is 45.9. The summed E-state index contributed by atoms with van der Waals surface area (Å²) in [6.45, 7) is 4.99. The van der Waals surface area contributed by atoms with Crippen molar-refractivity contribution in [2.24, 2.45) is 0 Å². The Balaban J connectivity index is 3.86. The first-order valence-corrected chi connectivity index (χ1v) is 45.9. The highest BCUT2D eigenvalue weighted by molar-refractivity contribution is 5.71. The van der Waals surface area contributed by atoms with Gasteiger partial charge in [0, 0.05) is 12.8 Å².